The van der Waals surface area contributed by atoms with Gasteiger partial charge in [0.2, 0.25) is 0 Å². The summed E-state index contributed by atoms with van der Waals surface area (Å²) in [5, 5.41) is 0. The Morgan fingerprint density at radius 3 is 1.36 bits per heavy atom. The van der Waals surface area contributed by atoms with Crippen LogP contribution in [-0.2, 0) is 18.3 Å². The Labute approximate surface area is 147 Å². The van der Waals surface area contributed by atoms with Gasteiger partial charge in [-0.1, -0.05) is 19.1 Å². The normalized spacial score (nSPS) is 15.1. The number of hydrogen-bond acceptors (Lipinski definition) is 0. The number of rotatable bonds is 5. The molecule has 0 heterocycles. The molecule has 1 aromatic carbocycles. The van der Waals surface area contributed by atoms with Crippen LogP contribution in [0.25, 0.3) is 0 Å². The third kappa shape index (κ3) is 3.49. The molecule has 28 heavy (non-hydrogen) atoms. The SMILES string of the molecule is CCc1ccc(C(F)(F)C(F)(F)C(F)(F)F)cc1C(F)(F)C(F)(F)C(F)(F)F. The van der Waals surface area contributed by atoms with Crippen LogP contribution in [0.4, 0.5) is 61.5 Å². The topological polar surface area (TPSA) is 0 Å². The smallest absolute Gasteiger partial charge is 0.194 e. The minimum absolute atomic E-state index is 0.0470. The second kappa shape index (κ2) is 6.65. The van der Waals surface area contributed by atoms with E-state index in [2.05, 4.69) is 0 Å². The van der Waals surface area contributed by atoms with Crippen molar-refractivity contribution in [2.24, 2.45) is 0 Å². The molecule has 0 saturated heterocycles. The average molecular weight is 442 g/mol. The van der Waals surface area contributed by atoms with E-state index in [0.29, 0.717) is 0 Å². The maximum Gasteiger partial charge on any atom is 0.460 e. The van der Waals surface area contributed by atoms with E-state index in [1.807, 2.05) is 0 Å². The lowest BCUT2D eigenvalue weighted by molar-refractivity contribution is -0.361. The molecule has 0 N–H and O–H groups in total. The number of hydrogen-bond donors (Lipinski definition) is 0. The van der Waals surface area contributed by atoms with E-state index < -0.39 is 65.2 Å². The second-order valence-corrected chi connectivity index (χ2v) is 5.52. The summed E-state index contributed by atoms with van der Waals surface area (Å²) in [6, 6.07) is -1.05. The number of alkyl halides is 14. The van der Waals surface area contributed by atoms with Crippen molar-refractivity contribution in [1.82, 2.24) is 0 Å². The van der Waals surface area contributed by atoms with E-state index in [-0.39, 0.29) is 12.1 Å². The van der Waals surface area contributed by atoms with Gasteiger partial charge in [0.25, 0.3) is 0 Å². The first-order valence-corrected chi connectivity index (χ1v) is 6.94. The van der Waals surface area contributed by atoms with Crippen LogP contribution in [0.1, 0.15) is 23.6 Å². The van der Waals surface area contributed by atoms with Crippen LogP contribution in [0.3, 0.4) is 0 Å². The highest BCUT2D eigenvalue weighted by atomic mass is 19.4. The van der Waals surface area contributed by atoms with E-state index in [9.17, 15) is 61.5 Å². The van der Waals surface area contributed by atoms with Crippen LogP contribution >= 0.6 is 0 Å². The molecule has 0 fully saturated rings. The second-order valence-electron chi connectivity index (χ2n) is 5.52. The summed E-state index contributed by atoms with van der Waals surface area (Å²) >= 11 is 0. The van der Waals surface area contributed by atoms with Gasteiger partial charge in [-0.3, -0.25) is 0 Å². The molecule has 0 bridgehead atoms. The van der Waals surface area contributed by atoms with Crippen molar-refractivity contribution in [2.75, 3.05) is 0 Å². The van der Waals surface area contributed by atoms with Gasteiger partial charge in [0.05, 0.1) is 0 Å². The van der Waals surface area contributed by atoms with Crippen LogP contribution < -0.4 is 0 Å². The van der Waals surface area contributed by atoms with Crippen molar-refractivity contribution in [3.63, 3.8) is 0 Å². The molecular weight excluding hydrogens is 434 g/mol. The zero-order chi connectivity index (χ0) is 22.6. The number of aryl methyl sites for hydroxylation is 1. The lowest BCUT2D eigenvalue weighted by Gasteiger charge is -2.32. The Morgan fingerprint density at radius 1 is 0.607 bits per heavy atom. The minimum Gasteiger partial charge on any atom is -0.194 e. The molecule has 0 radical (unpaired) electrons. The van der Waals surface area contributed by atoms with Gasteiger partial charge in [0, 0.05) is 11.1 Å². The predicted molar refractivity (Wildman–Crippen MR) is 65.6 cm³/mol. The Bertz CT molecular complexity index is 710. The molecule has 0 aromatic heterocycles. The van der Waals surface area contributed by atoms with Gasteiger partial charge >= 0.3 is 36.0 Å². The predicted octanol–water partition coefficient (Wildman–Crippen LogP) is 6.83. The molecule has 162 valence electrons. The molecule has 0 amide bonds. The summed E-state index contributed by atoms with van der Waals surface area (Å²) in [6.07, 6.45) is -14.5. The third-order valence-corrected chi connectivity index (χ3v) is 3.69. The van der Waals surface area contributed by atoms with Crippen molar-refractivity contribution >= 4 is 0 Å². The maximum atomic E-state index is 13.9. The van der Waals surface area contributed by atoms with Crippen molar-refractivity contribution in [1.29, 1.82) is 0 Å². The number of halogens is 14. The molecule has 0 unspecified atom stereocenters. The summed E-state index contributed by atoms with van der Waals surface area (Å²) in [4.78, 5) is 0. The highest BCUT2D eigenvalue weighted by Gasteiger charge is 2.75. The van der Waals surface area contributed by atoms with Gasteiger partial charge in [0.1, 0.15) is 0 Å². The third-order valence-electron chi connectivity index (χ3n) is 3.69. The summed E-state index contributed by atoms with van der Waals surface area (Å²) in [5.41, 5.74) is -6.06. The van der Waals surface area contributed by atoms with Crippen molar-refractivity contribution in [3.05, 3.63) is 34.9 Å². The van der Waals surface area contributed by atoms with E-state index in [4.69, 9.17) is 0 Å². The van der Waals surface area contributed by atoms with Crippen molar-refractivity contribution < 1.29 is 61.5 Å². The van der Waals surface area contributed by atoms with Crippen LogP contribution in [0.15, 0.2) is 18.2 Å². The lowest BCUT2D eigenvalue weighted by Crippen LogP contribution is -2.51. The van der Waals surface area contributed by atoms with E-state index in [1.54, 1.807) is 0 Å². The molecule has 0 atom stereocenters. The highest BCUT2D eigenvalue weighted by molar-refractivity contribution is 5.39. The summed E-state index contributed by atoms with van der Waals surface area (Å²) in [7, 11) is 0. The standard InChI is InChI=1S/C14H8F14/c1-2-6-3-4-7(9(15,16)11(19,20)13(23,24)25)5-8(6)10(17,18)12(21,22)14(26,27)28/h3-5H,2H2,1H3. The fraction of sp³-hybridized carbons (Fsp3) is 0.571. The molecule has 14 heteroatoms. The first kappa shape index (κ1) is 24.3. The lowest BCUT2D eigenvalue weighted by atomic mass is 9.90. The molecule has 0 saturated carbocycles. The minimum atomic E-state index is -6.88. The zero-order valence-corrected chi connectivity index (χ0v) is 13.2. The fourth-order valence-corrected chi connectivity index (χ4v) is 2.08. The van der Waals surface area contributed by atoms with Gasteiger partial charge < -0.3 is 0 Å². The molecule has 1 aromatic rings. The van der Waals surface area contributed by atoms with Crippen LogP contribution in [0.2, 0.25) is 0 Å². The monoisotopic (exact) mass is 442 g/mol. The Kier molecular flexibility index (Phi) is 5.76. The van der Waals surface area contributed by atoms with Gasteiger partial charge in [-0.15, -0.1) is 0 Å². The van der Waals surface area contributed by atoms with E-state index >= 15 is 0 Å². The van der Waals surface area contributed by atoms with Crippen molar-refractivity contribution in [2.45, 2.75) is 49.4 Å². The van der Waals surface area contributed by atoms with Gasteiger partial charge in [-0.05, 0) is 18.1 Å². The Balaban J connectivity index is 3.75. The Hall–Kier alpha value is -1.76. The quantitative estimate of drug-likeness (QED) is 0.439. The average Bonchev–Trinajstić information content (AvgIpc) is 2.51. The maximum absolute atomic E-state index is 13.9. The fourth-order valence-electron chi connectivity index (χ4n) is 2.08. The highest BCUT2D eigenvalue weighted by Crippen LogP contribution is 2.55. The molecule has 0 aliphatic heterocycles. The molecule has 0 aliphatic carbocycles. The summed E-state index contributed by atoms with van der Waals surface area (Å²) in [5.74, 6) is -26.1. The zero-order valence-electron chi connectivity index (χ0n) is 13.2. The van der Waals surface area contributed by atoms with E-state index in [1.165, 1.54) is 0 Å². The molecular formula is C14H8F14. The van der Waals surface area contributed by atoms with Gasteiger partial charge in [-0.25, -0.2) is 0 Å². The van der Waals surface area contributed by atoms with Crippen LogP contribution in [-0.4, -0.2) is 24.2 Å². The van der Waals surface area contributed by atoms with E-state index in [0.717, 1.165) is 6.92 Å². The Morgan fingerprint density at radius 2 is 1.00 bits per heavy atom. The first-order chi connectivity index (χ1) is 12.2. The molecule has 0 nitrogen and oxygen atoms in total. The van der Waals surface area contributed by atoms with Gasteiger partial charge in [-0.2, -0.15) is 61.5 Å². The van der Waals surface area contributed by atoms with Crippen molar-refractivity contribution in [3.8, 4) is 0 Å². The van der Waals surface area contributed by atoms with Crippen LogP contribution in [0.5, 0.6) is 0 Å². The van der Waals surface area contributed by atoms with Crippen LogP contribution in [0, 0.1) is 0 Å². The number of benzene rings is 1. The molecule has 1 rings (SSSR count). The molecule has 0 aliphatic rings. The summed E-state index contributed by atoms with van der Waals surface area (Å²) < 4.78 is 181. The first-order valence-electron chi connectivity index (χ1n) is 6.94. The molecule has 0 spiro atoms. The van der Waals surface area contributed by atoms with Gasteiger partial charge in [0.15, 0.2) is 0 Å². The largest absolute Gasteiger partial charge is 0.460 e. The summed E-state index contributed by atoms with van der Waals surface area (Å²) in [6.45, 7) is 0.919.